The second-order valence-corrected chi connectivity index (χ2v) is 9.28. The van der Waals surface area contributed by atoms with Crippen LogP contribution in [0.2, 0.25) is 0 Å². The smallest absolute Gasteiger partial charge is 0.457 e. The molecular weight excluding hydrogens is 485 g/mol. The van der Waals surface area contributed by atoms with Gasteiger partial charge in [-0.3, -0.25) is 0 Å². The fourth-order valence-corrected chi connectivity index (χ4v) is 3.79. The highest BCUT2D eigenvalue weighted by atomic mass is 32.2. The Kier molecular flexibility index (Phi) is 8.61. The number of alkyl halides is 3. The SMILES string of the molecule is O=S(=O)(Oc1ccc(Oc2ccccc2)cc1)C(F)(F)F.c1ccc(Sc2ccccc2)cc1. The summed E-state index contributed by atoms with van der Waals surface area (Å²) >= 11 is 1.79. The van der Waals surface area contributed by atoms with Gasteiger partial charge in [0.25, 0.3) is 0 Å². The van der Waals surface area contributed by atoms with E-state index in [4.69, 9.17) is 4.74 Å². The van der Waals surface area contributed by atoms with Crippen LogP contribution < -0.4 is 8.92 Å². The van der Waals surface area contributed by atoms with Gasteiger partial charge in [0.05, 0.1) is 0 Å². The van der Waals surface area contributed by atoms with Crippen LogP contribution in [-0.4, -0.2) is 13.9 Å². The quantitative estimate of drug-likeness (QED) is 0.201. The number of para-hydroxylation sites is 1. The summed E-state index contributed by atoms with van der Waals surface area (Å²) in [7, 11) is -5.66. The second-order valence-electron chi connectivity index (χ2n) is 6.60. The fourth-order valence-electron chi connectivity index (χ4n) is 2.47. The van der Waals surface area contributed by atoms with Gasteiger partial charge in [-0.15, -0.1) is 0 Å². The maximum absolute atomic E-state index is 12.1. The minimum absolute atomic E-state index is 0.331. The normalized spacial score (nSPS) is 11.1. The molecule has 4 aromatic rings. The molecule has 0 heterocycles. The maximum Gasteiger partial charge on any atom is 0.534 e. The largest absolute Gasteiger partial charge is 0.534 e. The first-order valence-corrected chi connectivity index (χ1v) is 12.1. The van der Waals surface area contributed by atoms with E-state index in [2.05, 4.69) is 52.7 Å². The molecule has 176 valence electrons. The van der Waals surface area contributed by atoms with Crippen LogP contribution in [0.15, 0.2) is 125 Å². The predicted molar refractivity (Wildman–Crippen MR) is 126 cm³/mol. The van der Waals surface area contributed by atoms with E-state index in [0.717, 1.165) is 12.1 Å². The highest BCUT2D eigenvalue weighted by Gasteiger charge is 2.48. The van der Waals surface area contributed by atoms with E-state index in [1.807, 2.05) is 12.1 Å². The zero-order valence-corrected chi connectivity index (χ0v) is 19.2. The van der Waals surface area contributed by atoms with Gasteiger partial charge in [-0.05, 0) is 60.7 Å². The first-order valence-electron chi connectivity index (χ1n) is 9.85. The van der Waals surface area contributed by atoms with Crippen LogP contribution in [0.4, 0.5) is 13.2 Å². The summed E-state index contributed by atoms with van der Waals surface area (Å²) < 4.78 is 67.4. The summed E-state index contributed by atoms with van der Waals surface area (Å²) in [5, 5.41) is 0. The molecule has 0 aliphatic rings. The molecule has 0 unspecified atom stereocenters. The van der Waals surface area contributed by atoms with Crippen LogP contribution in [0, 0.1) is 0 Å². The van der Waals surface area contributed by atoms with E-state index in [1.54, 1.807) is 42.1 Å². The van der Waals surface area contributed by atoms with E-state index < -0.39 is 21.4 Å². The molecule has 0 aliphatic carbocycles. The number of hydrogen-bond donors (Lipinski definition) is 0. The van der Waals surface area contributed by atoms with E-state index in [-0.39, 0.29) is 0 Å². The molecule has 0 fully saturated rings. The van der Waals surface area contributed by atoms with Crippen molar-refractivity contribution in [3.8, 4) is 17.2 Å². The molecule has 0 spiro atoms. The van der Waals surface area contributed by atoms with Crippen molar-refractivity contribution in [2.24, 2.45) is 0 Å². The molecule has 0 aromatic heterocycles. The lowest BCUT2D eigenvalue weighted by atomic mass is 10.3. The molecule has 9 heteroatoms. The van der Waals surface area contributed by atoms with Gasteiger partial charge in [0.1, 0.15) is 17.2 Å². The molecular formula is C25H19F3O4S2. The number of rotatable bonds is 6. The molecule has 4 aromatic carbocycles. The molecule has 4 nitrogen and oxygen atoms in total. The lowest BCUT2D eigenvalue weighted by Gasteiger charge is -2.10. The number of ether oxygens (including phenoxy) is 1. The molecule has 0 saturated heterocycles. The topological polar surface area (TPSA) is 52.6 Å². The van der Waals surface area contributed by atoms with Crippen molar-refractivity contribution >= 4 is 21.9 Å². The summed E-state index contributed by atoms with van der Waals surface area (Å²) in [6.45, 7) is 0. The number of benzene rings is 4. The molecule has 0 aliphatic heterocycles. The lowest BCUT2D eigenvalue weighted by molar-refractivity contribution is -0.0500. The Morgan fingerprint density at radius 2 is 0.941 bits per heavy atom. The second kappa shape index (κ2) is 11.6. The van der Waals surface area contributed by atoms with Gasteiger partial charge in [0.2, 0.25) is 0 Å². The lowest BCUT2D eigenvalue weighted by Crippen LogP contribution is -2.27. The van der Waals surface area contributed by atoms with Gasteiger partial charge in [-0.25, -0.2) is 0 Å². The Bertz CT molecular complexity index is 1210. The van der Waals surface area contributed by atoms with Crippen LogP contribution >= 0.6 is 11.8 Å². The summed E-state index contributed by atoms with van der Waals surface area (Å²) in [4.78, 5) is 2.57. The van der Waals surface area contributed by atoms with Crippen molar-refractivity contribution in [2.75, 3.05) is 0 Å². The molecule has 0 saturated carbocycles. The van der Waals surface area contributed by atoms with Gasteiger partial charge in [-0.1, -0.05) is 66.4 Å². The zero-order chi connectivity index (χ0) is 24.4. The average Bonchev–Trinajstić information content (AvgIpc) is 2.82. The van der Waals surface area contributed by atoms with Crippen LogP contribution in [0.3, 0.4) is 0 Å². The van der Waals surface area contributed by atoms with Gasteiger partial charge < -0.3 is 8.92 Å². The van der Waals surface area contributed by atoms with Crippen molar-refractivity contribution < 1.29 is 30.5 Å². The highest BCUT2D eigenvalue weighted by molar-refractivity contribution is 7.99. The Hall–Kier alpha value is -3.43. The van der Waals surface area contributed by atoms with Crippen molar-refractivity contribution in [2.45, 2.75) is 15.3 Å². The van der Waals surface area contributed by atoms with Crippen molar-refractivity contribution in [3.05, 3.63) is 115 Å². The standard InChI is InChI=1S/C13H9F3O4S.C12H10S/c14-13(15,16)21(17,18)20-12-8-6-11(7-9-12)19-10-4-2-1-3-5-10;1-3-7-11(8-4-1)13-12-9-5-2-6-10-12/h1-9H;1-10H. The van der Waals surface area contributed by atoms with E-state index in [1.165, 1.54) is 21.9 Å². The van der Waals surface area contributed by atoms with Crippen LogP contribution in [0.1, 0.15) is 0 Å². The highest BCUT2D eigenvalue weighted by Crippen LogP contribution is 2.29. The Labute approximate surface area is 200 Å². The Morgan fingerprint density at radius 3 is 1.38 bits per heavy atom. The van der Waals surface area contributed by atoms with E-state index >= 15 is 0 Å². The molecule has 4 rings (SSSR count). The minimum Gasteiger partial charge on any atom is -0.457 e. The van der Waals surface area contributed by atoms with E-state index in [9.17, 15) is 21.6 Å². The predicted octanol–water partition coefficient (Wildman–Crippen LogP) is 7.55. The van der Waals surface area contributed by atoms with Gasteiger partial charge in [-0.2, -0.15) is 21.6 Å². The Balaban J connectivity index is 0.000000212. The average molecular weight is 505 g/mol. The number of hydrogen-bond acceptors (Lipinski definition) is 5. The number of halogens is 3. The molecule has 0 radical (unpaired) electrons. The third-order valence-electron chi connectivity index (χ3n) is 4.01. The fraction of sp³-hybridized carbons (Fsp3) is 0.0400. The molecule has 0 bridgehead atoms. The summed E-state index contributed by atoms with van der Waals surface area (Å²) in [5.41, 5.74) is -5.47. The minimum atomic E-state index is -5.66. The third kappa shape index (κ3) is 7.86. The van der Waals surface area contributed by atoms with Crippen LogP contribution in [0.5, 0.6) is 17.2 Å². The zero-order valence-electron chi connectivity index (χ0n) is 17.6. The van der Waals surface area contributed by atoms with Gasteiger partial charge in [0.15, 0.2) is 0 Å². The van der Waals surface area contributed by atoms with Crippen molar-refractivity contribution in [1.82, 2.24) is 0 Å². The van der Waals surface area contributed by atoms with Gasteiger partial charge >= 0.3 is 15.6 Å². The first kappa shape index (κ1) is 25.2. The summed E-state index contributed by atoms with van der Waals surface area (Å²) in [6.07, 6.45) is 0. The van der Waals surface area contributed by atoms with Crippen molar-refractivity contribution in [3.63, 3.8) is 0 Å². The molecule has 34 heavy (non-hydrogen) atoms. The van der Waals surface area contributed by atoms with Crippen LogP contribution in [-0.2, 0) is 10.1 Å². The van der Waals surface area contributed by atoms with Gasteiger partial charge in [0, 0.05) is 9.79 Å². The van der Waals surface area contributed by atoms with Crippen molar-refractivity contribution in [1.29, 1.82) is 0 Å². The first-order chi connectivity index (χ1) is 16.2. The maximum atomic E-state index is 12.1. The molecule has 0 atom stereocenters. The monoisotopic (exact) mass is 504 g/mol. The van der Waals surface area contributed by atoms with Crippen LogP contribution in [0.25, 0.3) is 0 Å². The molecule has 0 N–H and O–H groups in total. The molecule has 0 amide bonds. The summed E-state index contributed by atoms with van der Waals surface area (Å²) in [6, 6.07) is 34.2. The summed E-state index contributed by atoms with van der Waals surface area (Å²) in [5.74, 6) is 0.416. The third-order valence-corrected chi connectivity index (χ3v) is 6.01. The van der Waals surface area contributed by atoms with E-state index in [0.29, 0.717) is 11.5 Å². The Morgan fingerprint density at radius 1 is 0.559 bits per heavy atom.